The van der Waals surface area contributed by atoms with Crippen molar-refractivity contribution in [1.82, 2.24) is 5.32 Å². The molecule has 110 valence electrons. The van der Waals surface area contributed by atoms with Crippen LogP contribution in [-0.4, -0.2) is 12.5 Å². The molecule has 2 aromatic rings. The molecule has 0 radical (unpaired) electrons. The molecule has 6 heteroatoms. The van der Waals surface area contributed by atoms with Gasteiger partial charge in [-0.05, 0) is 23.8 Å². The van der Waals surface area contributed by atoms with Crippen molar-refractivity contribution >= 4 is 29.1 Å². The van der Waals surface area contributed by atoms with Crippen molar-refractivity contribution in [3.63, 3.8) is 0 Å². The van der Waals surface area contributed by atoms with Gasteiger partial charge >= 0.3 is 0 Å². The number of amides is 1. The molecule has 0 aliphatic heterocycles. The van der Waals surface area contributed by atoms with Gasteiger partial charge in [-0.1, -0.05) is 41.4 Å². The molecular weight excluding hydrogens is 316 g/mol. The summed E-state index contributed by atoms with van der Waals surface area (Å²) in [5, 5.41) is 3.22. The first-order valence-corrected chi connectivity index (χ1v) is 6.90. The maximum atomic E-state index is 13.0. The fraction of sp³-hybridized carbons (Fsp3) is 0.133. The average molecular weight is 328 g/mol. The Labute approximate surface area is 131 Å². The maximum absolute atomic E-state index is 13.0. The number of benzene rings is 2. The number of carbonyl (C=O) groups is 1. The van der Waals surface area contributed by atoms with E-state index in [0.717, 1.165) is 5.56 Å². The zero-order valence-electron chi connectivity index (χ0n) is 10.9. The van der Waals surface area contributed by atoms with Crippen molar-refractivity contribution in [2.75, 3.05) is 6.61 Å². The predicted octanol–water partition coefficient (Wildman–Crippen LogP) is 3.83. The number of hydrogen-bond acceptors (Lipinski definition) is 2. The highest BCUT2D eigenvalue weighted by Crippen LogP contribution is 2.21. The number of nitrogens with one attached hydrogen (secondary N) is 1. The molecule has 0 saturated heterocycles. The Bertz CT molecular complexity index is 649. The fourth-order valence-electron chi connectivity index (χ4n) is 1.60. The summed E-state index contributed by atoms with van der Waals surface area (Å²) in [5.41, 5.74) is 0.817. The maximum Gasteiger partial charge on any atom is 0.258 e. The lowest BCUT2D eigenvalue weighted by Gasteiger charge is -2.09. The van der Waals surface area contributed by atoms with Crippen LogP contribution in [-0.2, 0) is 11.3 Å². The van der Waals surface area contributed by atoms with Crippen LogP contribution < -0.4 is 10.1 Å². The standard InChI is InChI=1S/C15H12Cl2FNO2/c16-12-4-2-1-3-10(12)8-19-15(20)9-21-11-5-6-14(18)13(17)7-11/h1-7H,8-9H2,(H,19,20). The summed E-state index contributed by atoms with van der Waals surface area (Å²) in [5.74, 6) is -0.517. The Hall–Kier alpha value is -1.78. The van der Waals surface area contributed by atoms with E-state index < -0.39 is 5.82 Å². The van der Waals surface area contributed by atoms with E-state index in [4.69, 9.17) is 27.9 Å². The average Bonchev–Trinajstić information content (AvgIpc) is 2.47. The number of ether oxygens (including phenoxy) is 1. The SMILES string of the molecule is O=C(COc1ccc(F)c(Cl)c1)NCc1ccccc1Cl. The molecule has 0 aliphatic carbocycles. The van der Waals surface area contributed by atoms with Gasteiger partial charge in [-0.15, -0.1) is 0 Å². The topological polar surface area (TPSA) is 38.3 Å². The highest BCUT2D eigenvalue weighted by Gasteiger charge is 2.06. The van der Waals surface area contributed by atoms with Crippen molar-refractivity contribution in [1.29, 1.82) is 0 Å². The Morgan fingerprint density at radius 3 is 2.62 bits per heavy atom. The Morgan fingerprint density at radius 1 is 1.14 bits per heavy atom. The summed E-state index contributed by atoms with van der Waals surface area (Å²) >= 11 is 11.6. The third-order valence-corrected chi connectivity index (χ3v) is 3.35. The van der Waals surface area contributed by atoms with E-state index in [9.17, 15) is 9.18 Å². The highest BCUT2D eigenvalue weighted by molar-refractivity contribution is 6.31. The van der Waals surface area contributed by atoms with Gasteiger partial charge in [0.2, 0.25) is 0 Å². The van der Waals surface area contributed by atoms with Gasteiger partial charge in [0.15, 0.2) is 6.61 Å². The third kappa shape index (κ3) is 4.62. The van der Waals surface area contributed by atoms with Gasteiger partial charge in [0, 0.05) is 17.6 Å². The molecule has 1 N–H and O–H groups in total. The molecular formula is C15H12Cl2FNO2. The van der Waals surface area contributed by atoms with Crippen LogP contribution in [0, 0.1) is 5.82 Å². The first-order chi connectivity index (χ1) is 10.1. The van der Waals surface area contributed by atoms with Crippen LogP contribution in [0.15, 0.2) is 42.5 Å². The molecule has 0 bridgehead atoms. The van der Waals surface area contributed by atoms with Crippen LogP contribution >= 0.6 is 23.2 Å². The van der Waals surface area contributed by atoms with E-state index in [1.807, 2.05) is 18.2 Å². The van der Waals surface area contributed by atoms with Crippen molar-refractivity contribution < 1.29 is 13.9 Å². The van der Waals surface area contributed by atoms with E-state index in [-0.39, 0.29) is 17.5 Å². The smallest absolute Gasteiger partial charge is 0.258 e. The summed E-state index contributed by atoms with van der Waals surface area (Å²) in [6, 6.07) is 11.1. The lowest BCUT2D eigenvalue weighted by Crippen LogP contribution is -2.28. The van der Waals surface area contributed by atoms with Gasteiger partial charge < -0.3 is 10.1 Å². The summed E-state index contributed by atoms with van der Waals surface area (Å²) in [7, 11) is 0. The van der Waals surface area contributed by atoms with Crippen LogP contribution in [0.5, 0.6) is 5.75 Å². The molecule has 1 amide bonds. The Kier molecular flexibility index (Phi) is 5.42. The lowest BCUT2D eigenvalue weighted by atomic mass is 10.2. The molecule has 3 nitrogen and oxygen atoms in total. The first kappa shape index (κ1) is 15.6. The van der Waals surface area contributed by atoms with E-state index >= 15 is 0 Å². The zero-order valence-corrected chi connectivity index (χ0v) is 12.4. The van der Waals surface area contributed by atoms with Crippen LogP contribution in [0.1, 0.15) is 5.56 Å². The summed E-state index contributed by atoms with van der Waals surface area (Å²) in [4.78, 5) is 11.7. The van der Waals surface area contributed by atoms with Crippen LogP contribution in [0.2, 0.25) is 10.0 Å². The van der Waals surface area contributed by atoms with E-state index in [0.29, 0.717) is 17.3 Å². The molecule has 0 atom stereocenters. The molecule has 0 unspecified atom stereocenters. The lowest BCUT2D eigenvalue weighted by molar-refractivity contribution is -0.123. The van der Waals surface area contributed by atoms with Crippen LogP contribution in [0.25, 0.3) is 0 Å². The van der Waals surface area contributed by atoms with Crippen molar-refractivity contribution in [2.24, 2.45) is 0 Å². The van der Waals surface area contributed by atoms with Crippen molar-refractivity contribution in [3.8, 4) is 5.75 Å². The van der Waals surface area contributed by atoms with Crippen molar-refractivity contribution in [2.45, 2.75) is 6.54 Å². The summed E-state index contributed by atoms with van der Waals surface area (Å²) in [6.45, 7) is 0.123. The number of carbonyl (C=O) groups excluding carboxylic acids is 1. The van der Waals surface area contributed by atoms with E-state index in [1.165, 1.54) is 18.2 Å². The van der Waals surface area contributed by atoms with Gasteiger partial charge in [0.1, 0.15) is 11.6 Å². The quantitative estimate of drug-likeness (QED) is 0.906. The molecule has 0 saturated carbocycles. The fourth-order valence-corrected chi connectivity index (χ4v) is 1.98. The Morgan fingerprint density at radius 2 is 1.90 bits per heavy atom. The second-order valence-electron chi connectivity index (χ2n) is 4.23. The summed E-state index contributed by atoms with van der Waals surface area (Å²) < 4.78 is 18.2. The van der Waals surface area contributed by atoms with Gasteiger partial charge in [0.05, 0.1) is 5.02 Å². The summed E-state index contributed by atoms with van der Waals surface area (Å²) in [6.07, 6.45) is 0. The minimum Gasteiger partial charge on any atom is -0.484 e. The number of hydrogen-bond donors (Lipinski definition) is 1. The zero-order chi connectivity index (χ0) is 15.2. The van der Waals surface area contributed by atoms with Crippen molar-refractivity contribution in [3.05, 3.63) is 63.9 Å². The molecule has 0 spiro atoms. The number of halogens is 3. The number of rotatable bonds is 5. The molecule has 2 rings (SSSR count). The highest BCUT2D eigenvalue weighted by atomic mass is 35.5. The van der Waals surface area contributed by atoms with E-state index in [2.05, 4.69) is 5.32 Å². The second-order valence-corrected chi connectivity index (χ2v) is 5.05. The first-order valence-electron chi connectivity index (χ1n) is 6.14. The van der Waals surface area contributed by atoms with Crippen LogP contribution in [0.4, 0.5) is 4.39 Å². The molecule has 2 aromatic carbocycles. The van der Waals surface area contributed by atoms with Gasteiger partial charge in [-0.25, -0.2) is 4.39 Å². The van der Waals surface area contributed by atoms with Gasteiger partial charge in [0.25, 0.3) is 5.91 Å². The van der Waals surface area contributed by atoms with Crippen LogP contribution in [0.3, 0.4) is 0 Å². The minimum atomic E-state index is -0.535. The van der Waals surface area contributed by atoms with E-state index in [1.54, 1.807) is 6.07 Å². The largest absolute Gasteiger partial charge is 0.484 e. The third-order valence-electron chi connectivity index (χ3n) is 2.69. The second kappa shape index (κ2) is 7.29. The predicted molar refractivity (Wildman–Crippen MR) is 80.2 cm³/mol. The monoisotopic (exact) mass is 327 g/mol. The Balaban J connectivity index is 1.82. The van der Waals surface area contributed by atoms with Gasteiger partial charge in [-0.2, -0.15) is 0 Å². The van der Waals surface area contributed by atoms with Gasteiger partial charge in [-0.3, -0.25) is 4.79 Å². The molecule has 0 aromatic heterocycles. The molecule has 0 aliphatic rings. The normalized spacial score (nSPS) is 10.2. The molecule has 0 heterocycles. The molecule has 21 heavy (non-hydrogen) atoms. The molecule has 0 fully saturated rings. The minimum absolute atomic E-state index is 0.0519.